The molecule has 0 aliphatic rings. The molecular formula is C10H11N3O. The highest BCUT2D eigenvalue weighted by atomic mass is 16.1. The summed E-state index contributed by atoms with van der Waals surface area (Å²) < 4.78 is 1.44. The SMILES string of the molecule is CCc1nccc2c1c(=O)ccn2N. The second-order valence-corrected chi connectivity index (χ2v) is 3.09. The van der Waals surface area contributed by atoms with Crippen LogP contribution in [-0.4, -0.2) is 9.66 Å². The van der Waals surface area contributed by atoms with Crippen molar-refractivity contribution in [3.8, 4) is 0 Å². The number of aromatic nitrogens is 2. The summed E-state index contributed by atoms with van der Waals surface area (Å²) in [5.41, 5.74) is 1.50. The van der Waals surface area contributed by atoms with E-state index >= 15 is 0 Å². The molecule has 2 heterocycles. The standard InChI is InChI=1S/C10H11N3O/c1-2-7-10-8(3-5-12-7)13(11)6-4-9(10)14/h3-6H,2,11H2,1H3. The zero-order valence-corrected chi connectivity index (χ0v) is 7.90. The Hall–Kier alpha value is -1.84. The first-order chi connectivity index (χ1) is 6.74. The van der Waals surface area contributed by atoms with Crippen molar-refractivity contribution in [1.82, 2.24) is 9.66 Å². The maximum atomic E-state index is 11.6. The fourth-order valence-electron chi connectivity index (χ4n) is 1.56. The Morgan fingerprint density at radius 1 is 1.50 bits per heavy atom. The molecule has 4 nitrogen and oxygen atoms in total. The second kappa shape index (κ2) is 3.14. The number of hydrogen-bond donors (Lipinski definition) is 1. The van der Waals surface area contributed by atoms with Crippen molar-refractivity contribution in [2.75, 3.05) is 5.84 Å². The predicted octanol–water partition coefficient (Wildman–Crippen LogP) is 0.673. The topological polar surface area (TPSA) is 60.9 Å². The van der Waals surface area contributed by atoms with E-state index in [9.17, 15) is 4.79 Å². The molecule has 0 aliphatic carbocycles. The highest BCUT2D eigenvalue weighted by Gasteiger charge is 2.05. The normalized spacial score (nSPS) is 10.6. The first-order valence-electron chi connectivity index (χ1n) is 4.48. The molecule has 4 heteroatoms. The quantitative estimate of drug-likeness (QED) is 0.671. The molecule has 0 fully saturated rings. The third kappa shape index (κ3) is 1.16. The lowest BCUT2D eigenvalue weighted by molar-refractivity contribution is 1.01. The van der Waals surface area contributed by atoms with Crippen molar-refractivity contribution in [2.45, 2.75) is 13.3 Å². The smallest absolute Gasteiger partial charge is 0.191 e. The van der Waals surface area contributed by atoms with Crippen LogP contribution < -0.4 is 11.3 Å². The maximum Gasteiger partial charge on any atom is 0.191 e. The minimum absolute atomic E-state index is 0.0216. The van der Waals surface area contributed by atoms with Gasteiger partial charge in [0.05, 0.1) is 16.6 Å². The van der Waals surface area contributed by atoms with E-state index in [4.69, 9.17) is 5.84 Å². The molecule has 0 amide bonds. The van der Waals surface area contributed by atoms with Gasteiger partial charge in [0.2, 0.25) is 0 Å². The molecule has 0 atom stereocenters. The highest BCUT2D eigenvalue weighted by Crippen LogP contribution is 2.11. The average Bonchev–Trinajstić information content (AvgIpc) is 2.23. The molecule has 0 spiro atoms. The van der Waals surface area contributed by atoms with Crippen LogP contribution in [0.25, 0.3) is 10.9 Å². The van der Waals surface area contributed by atoms with E-state index in [1.54, 1.807) is 18.5 Å². The highest BCUT2D eigenvalue weighted by molar-refractivity contribution is 5.80. The lowest BCUT2D eigenvalue weighted by Crippen LogP contribution is -2.15. The molecule has 0 aliphatic heterocycles. The van der Waals surface area contributed by atoms with Crippen molar-refractivity contribution in [1.29, 1.82) is 0 Å². The molecule has 0 saturated carbocycles. The zero-order valence-electron chi connectivity index (χ0n) is 7.90. The summed E-state index contributed by atoms with van der Waals surface area (Å²) in [6, 6.07) is 3.21. The molecule has 0 bridgehead atoms. The van der Waals surface area contributed by atoms with Gasteiger partial charge in [-0.05, 0) is 12.5 Å². The summed E-state index contributed by atoms with van der Waals surface area (Å²) in [4.78, 5) is 15.8. The van der Waals surface area contributed by atoms with E-state index in [-0.39, 0.29) is 5.43 Å². The summed E-state index contributed by atoms with van der Waals surface area (Å²) in [6.45, 7) is 1.97. The van der Waals surface area contributed by atoms with Crippen LogP contribution in [-0.2, 0) is 6.42 Å². The summed E-state index contributed by atoms with van der Waals surface area (Å²) in [5, 5.41) is 0.625. The lowest BCUT2D eigenvalue weighted by atomic mass is 10.1. The summed E-state index contributed by atoms with van der Waals surface area (Å²) in [7, 11) is 0. The molecule has 14 heavy (non-hydrogen) atoms. The second-order valence-electron chi connectivity index (χ2n) is 3.09. The number of nitrogens with two attached hydrogens (primary N) is 1. The molecule has 0 aromatic carbocycles. The van der Waals surface area contributed by atoms with Gasteiger partial charge >= 0.3 is 0 Å². The Labute approximate surface area is 81.0 Å². The largest absolute Gasteiger partial charge is 0.339 e. The van der Waals surface area contributed by atoms with E-state index in [0.29, 0.717) is 5.39 Å². The van der Waals surface area contributed by atoms with Crippen molar-refractivity contribution in [2.24, 2.45) is 0 Å². The zero-order chi connectivity index (χ0) is 10.1. The van der Waals surface area contributed by atoms with Crippen molar-refractivity contribution in [3.05, 3.63) is 40.4 Å². The number of nitrogen functional groups attached to an aromatic ring is 1. The van der Waals surface area contributed by atoms with Gasteiger partial charge in [-0.1, -0.05) is 6.92 Å². The van der Waals surface area contributed by atoms with Gasteiger partial charge < -0.3 is 5.84 Å². The lowest BCUT2D eigenvalue weighted by Gasteiger charge is -2.06. The number of nitrogens with zero attached hydrogens (tertiary/aromatic N) is 2. The molecule has 0 radical (unpaired) electrons. The summed E-state index contributed by atoms with van der Waals surface area (Å²) in [6.07, 6.45) is 3.96. The number of pyridine rings is 2. The maximum absolute atomic E-state index is 11.6. The summed E-state index contributed by atoms with van der Waals surface area (Å²) in [5.74, 6) is 5.70. The fourth-order valence-corrected chi connectivity index (χ4v) is 1.56. The van der Waals surface area contributed by atoms with Crippen LogP contribution in [0.5, 0.6) is 0 Å². The number of fused-ring (bicyclic) bond motifs is 1. The Kier molecular flexibility index (Phi) is 1.96. The number of rotatable bonds is 1. The van der Waals surface area contributed by atoms with E-state index in [2.05, 4.69) is 4.98 Å². The van der Waals surface area contributed by atoms with Crippen molar-refractivity contribution >= 4 is 10.9 Å². The van der Waals surface area contributed by atoms with Crippen molar-refractivity contribution < 1.29 is 0 Å². The Bertz CT molecular complexity index is 530. The Morgan fingerprint density at radius 2 is 2.29 bits per heavy atom. The van der Waals surface area contributed by atoms with Gasteiger partial charge in [-0.15, -0.1) is 0 Å². The third-order valence-corrected chi connectivity index (χ3v) is 2.25. The van der Waals surface area contributed by atoms with Crippen LogP contribution in [0.3, 0.4) is 0 Å². The summed E-state index contributed by atoms with van der Waals surface area (Å²) >= 11 is 0. The Morgan fingerprint density at radius 3 is 3.00 bits per heavy atom. The monoisotopic (exact) mass is 189 g/mol. The third-order valence-electron chi connectivity index (χ3n) is 2.25. The molecular weight excluding hydrogens is 178 g/mol. The number of aryl methyl sites for hydroxylation is 1. The van der Waals surface area contributed by atoms with Gasteiger partial charge in [-0.2, -0.15) is 0 Å². The molecule has 0 unspecified atom stereocenters. The average molecular weight is 189 g/mol. The number of hydrogen-bond acceptors (Lipinski definition) is 3. The van der Waals surface area contributed by atoms with E-state index in [1.807, 2.05) is 6.92 Å². The van der Waals surface area contributed by atoms with Crippen molar-refractivity contribution in [3.63, 3.8) is 0 Å². The van der Waals surface area contributed by atoms with Crippen LogP contribution in [0.2, 0.25) is 0 Å². The fraction of sp³-hybridized carbons (Fsp3) is 0.200. The molecule has 2 N–H and O–H groups in total. The minimum Gasteiger partial charge on any atom is -0.339 e. The van der Waals surface area contributed by atoms with Gasteiger partial charge in [-0.25, -0.2) is 0 Å². The van der Waals surface area contributed by atoms with Gasteiger partial charge in [-0.3, -0.25) is 14.5 Å². The van der Waals surface area contributed by atoms with Crippen LogP contribution in [0.4, 0.5) is 0 Å². The molecule has 0 saturated heterocycles. The Balaban J connectivity index is 2.99. The predicted molar refractivity (Wildman–Crippen MR) is 55.5 cm³/mol. The minimum atomic E-state index is -0.0216. The van der Waals surface area contributed by atoms with E-state index < -0.39 is 0 Å². The van der Waals surface area contributed by atoms with Gasteiger partial charge in [0.25, 0.3) is 0 Å². The van der Waals surface area contributed by atoms with Crippen LogP contribution >= 0.6 is 0 Å². The van der Waals surface area contributed by atoms with Gasteiger partial charge in [0.1, 0.15) is 0 Å². The van der Waals surface area contributed by atoms with Gasteiger partial charge in [0, 0.05) is 18.5 Å². The first kappa shape index (κ1) is 8.74. The van der Waals surface area contributed by atoms with E-state index in [1.165, 1.54) is 10.7 Å². The molecule has 2 aromatic rings. The van der Waals surface area contributed by atoms with Crippen LogP contribution in [0.1, 0.15) is 12.6 Å². The van der Waals surface area contributed by atoms with E-state index in [0.717, 1.165) is 17.6 Å². The molecule has 2 rings (SSSR count). The first-order valence-corrected chi connectivity index (χ1v) is 4.48. The molecule has 2 aromatic heterocycles. The molecule has 72 valence electrons. The van der Waals surface area contributed by atoms with Gasteiger partial charge in [0.15, 0.2) is 5.43 Å². The van der Waals surface area contributed by atoms with Crippen LogP contribution in [0, 0.1) is 0 Å². The van der Waals surface area contributed by atoms with Crippen LogP contribution in [0.15, 0.2) is 29.3 Å².